The van der Waals surface area contributed by atoms with Gasteiger partial charge >= 0.3 is 0 Å². The molecule has 6 heteroatoms. The summed E-state index contributed by atoms with van der Waals surface area (Å²) in [5.41, 5.74) is 3.11. The van der Waals surface area contributed by atoms with E-state index in [0.717, 1.165) is 10.4 Å². The van der Waals surface area contributed by atoms with Crippen LogP contribution in [-0.2, 0) is 9.59 Å². The maximum absolute atomic E-state index is 12.3. The van der Waals surface area contributed by atoms with Crippen LogP contribution in [0.1, 0.15) is 46.6 Å². The van der Waals surface area contributed by atoms with Crippen molar-refractivity contribution in [3.05, 3.63) is 39.2 Å². The lowest BCUT2D eigenvalue weighted by Crippen LogP contribution is -2.06. The molecule has 5 nitrogen and oxygen atoms in total. The van der Waals surface area contributed by atoms with Gasteiger partial charge in [-0.2, -0.15) is 0 Å². The van der Waals surface area contributed by atoms with Crippen molar-refractivity contribution in [3.8, 4) is 0 Å². The maximum atomic E-state index is 12.3. The number of carbonyl (C=O) groups is 2. The van der Waals surface area contributed by atoms with E-state index in [9.17, 15) is 9.59 Å². The van der Waals surface area contributed by atoms with Gasteiger partial charge in [0.05, 0.1) is 17.5 Å². The second-order valence-electron chi connectivity index (χ2n) is 6.28. The number of pyridine rings is 1. The number of aromatic nitrogens is 1. The van der Waals surface area contributed by atoms with Crippen molar-refractivity contribution < 1.29 is 9.59 Å². The van der Waals surface area contributed by atoms with Crippen LogP contribution in [0.5, 0.6) is 0 Å². The predicted molar refractivity (Wildman–Crippen MR) is 96.1 cm³/mol. The number of fused-ring (bicyclic) bond motifs is 1. The lowest BCUT2D eigenvalue weighted by atomic mass is 10.1. The monoisotopic (exact) mass is 339 g/mol. The van der Waals surface area contributed by atoms with Gasteiger partial charge in [-0.15, -0.1) is 11.3 Å². The first kappa shape index (κ1) is 15.1. The van der Waals surface area contributed by atoms with Gasteiger partial charge in [-0.05, 0) is 49.5 Å². The van der Waals surface area contributed by atoms with Crippen LogP contribution < -0.4 is 10.6 Å². The molecule has 122 valence electrons. The fourth-order valence-electron chi connectivity index (χ4n) is 2.85. The van der Waals surface area contributed by atoms with Crippen molar-refractivity contribution in [1.82, 2.24) is 4.98 Å². The van der Waals surface area contributed by atoms with Crippen molar-refractivity contribution in [2.24, 2.45) is 0 Å². The van der Waals surface area contributed by atoms with E-state index in [0.29, 0.717) is 23.0 Å². The van der Waals surface area contributed by atoms with Gasteiger partial charge < -0.3 is 10.6 Å². The van der Waals surface area contributed by atoms with Crippen molar-refractivity contribution in [3.63, 3.8) is 0 Å². The second kappa shape index (κ2) is 5.56. The standard InChI is InChI=1S/C18H17N3O2S/c1-9-5-16(11-3-4-11)24-15(9)7-14-13-6-12(20-10(2)22)8-19-17(13)21-18(14)23/h5-8,11H,3-4H2,1-2H3,(H,20,22)(H,19,21,23). The lowest BCUT2D eigenvalue weighted by molar-refractivity contribution is -0.114. The molecule has 3 heterocycles. The van der Waals surface area contributed by atoms with Crippen LogP contribution in [0.15, 0.2) is 18.3 Å². The number of rotatable bonds is 3. The summed E-state index contributed by atoms with van der Waals surface area (Å²) in [6.07, 6.45) is 6.02. The van der Waals surface area contributed by atoms with Crippen molar-refractivity contribution >= 4 is 46.3 Å². The second-order valence-corrected chi connectivity index (χ2v) is 7.40. The lowest BCUT2D eigenvalue weighted by Gasteiger charge is -2.04. The quantitative estimate of drug-likeness (QED) is 0.836. The van der Waals surface area contributed by atoms with E-state index in [1.54, 1.807) is 23.6 Å². The molecule has 2 aromatic rings. The minimum atomic E-state index is -0.164. The molecule has 2 N–H and O–H groups in total. The van der Waals surface area contributed by atoms with Gasteiger partial charge in [0, 0.05) is 22.2 Å². The van der Waals surface area contributed by atoms with Crippen molar-refractivity contribution in [2.45, 2.75) is 32.6 Å². The highest BCUT2D eigenvalue weighted by Crippen LogP contribution is 2.45. The molecule has 2 aromatic heterocycles. The highest BCUT2D eigenvalue weighted by Gasteiger charge is 2.28. The number of anilines is 2. The number of hydrogen-bond donors (Lipinski definition) is 2. The van der Waals surface area contributed by atoms with Crippen LogP contribution in [0.25, 0.3) is 11.6 Å². The SMILES string of the molecule is CC(=O)Nc1cnc2c(c1)C(=Cc1sc(C3CC3)cc1C)C(=O)N2. The Labute approximate surface area is 143 Å². The Kier molecular flexibility index (Phi) is 3.49. The van der Waals surface area contributed by atoms with Gasteiger partial charge in [0.1, 0.15) is 5.82 Å². The summed E-state index contributed by atoms with van der Waals surface area (Å²) >= 11 is 1.76. The Morgan fingerprint density at radius 2 is 2.21 bits per heavy atom. The molecule has 0 aromatic carbocycles. The number of nitrogens with one attached hydrogen (secondary N) is 2. The molecule has 24 heavy (non-hydrogen) atoms. The minimum absolute atomic E-state index is 0.154. The Hall–Kier alpha value is -2.47. The van der Waals surface area contributed by atoms with Crippen LogP contribution in [0.4, 0.5) is 11.5 Å². The van der Waals surface area contributed by atoms with Crippen LogP contribution >= 0.6 is 11.3 Å². The first-order valence-electron chi connectivity index (χ1n) is 7.92. The summed E-state index contributed by atoms with van der Waals surface area (Å²) in [4.78, 5) is 30.3. The molecule has 2 amide bonds. The van der Waals surface area contributed by atoms with E-state index >= 15 is 0 Å². The summed E-state index contributed by atoms with van der Waals surface area (Å²) in [5.74, 6) is 0.927. The summed E-state index contributed by atoms with van der Waals surface area (Å²) in [6.45, 7) is 3.52. The molecule has 0 radical (unpaired) electrons. The Balaban J connectivity index is 1.73. The minimum Gasteiger partial charge on any atom is -0.325 e. The first-order chi connectivity index (χ1) is 11.5. The fourth-order valence-corrected chi connectivity index (χ4v) is 4.14. The largest absolute Gasteiger partial charge is 0.325 e. The highest BCUT2D eigenvalue weighted by molar-refractivity contribution is 7.13. The van der Waals surface area contributed by atoms with Gasteiger partial charge in [-0.25, -0.2) is 4.98 Å². The summed E-state index contributed by atoms with van der Waals surface area (Å²) in [5, 5.41) is 5.49. The molecule has 1 fully saturated rings. The maximum Gasteiger partial charge on any atom is 0.257 e. The molecule has 2 aliphatic rings. The molecule has 1 saturated carbocycles. The third kappa shape index (κ3) is 2.73. The summed E-state index contributed by atoms with van der Waals surface area (Å²) in [7, 11) is 0. The smallest absolute Gasteiger partial charge is 0.257 e. The normalized spacial score (nSPS) is 17.8. The molecule has 0 saturated heterocycles. The Bertz CT molecular complexity index is 894. The Morgan fingerprint density at radius 3 is 2.92 bits per heavy atom. The van der Waals surface area contributed by atoms with E-state index in [-0.39, 0.29) is 11.8 Å². The van der Waals surface area contributed by atoms with Gasteiger partial charge in [0.2, 0.25) is 5.91 Å². The zero-order valence-corrected chi connectivity index (χ0v) is 14.3. The summed E-state index contributed by atoms with van der Waals surface area (Å²) < 4.78 is 0. The number of thiophene rings is 1. The van der Waals surface area contributed by atoms with E-state index in [1.807, 2.05) is 6.08 Å². The molecule has 0 bridgehead atoms. The van der Waals surface area contributed by atoms with Gasteiger partial charge in [0.25, 0.3) is 5.91 Å². The molecule has 0 spiro atoms. The predicted octanol–water partition coefficient (Wildman–Crippen LogP) is 3.78. The first-order valence-corrected chi connectivity index (χ1v) is 8.74. The van der Waals surface area contributed by atoms with Crippen molar-refractivity contribution in [1.29, 1.82) is 0 Å². The summed E-state index contributed by atoms with van der Waals surface area (Å²) in [6, 6.07) is 4.02. The number of aryl methyl sites for hydroxylation is 1. The Morgan fingerprint density at radius 1 is 1.42 bits per heavy atom. The number of amides is 2. The topological polar surface area (TPSA) is 71.1 Å². The van der Waals surface area contributed by atoms with Crippen LogP contribution in [0.3, 0.4) is 0 Å². The van der Waals surface area contributed by atoms with E-state index in [1.165, 1.54) is 30.2 Å². The number of nitrogens with zero attached hydrogens (tertiary/aromatic N) is 1. The zero-order valence-electron chi connectivity index (χ0n) is 13.5. The molecule has 0 unspecified atom stereocenters. The van der Waals surface area contributed by atoms with Crippen LogP contribution in [0, 0.1) is 6.92 Å². The molecule has 1 aliphatic heterocycles. The molecule has 1 aliphatic carbocycles. The zero-order chi connectivity index (χ0) is 16.8. The van der Waals surface area contributed by atoms with E-state index in [4.69, 9.17) is 0 Å². The number of hydrogen-bond acceptors (Lipinski definition) is 4. The van der Waals surface area contributed by atoms with Crippen LogP contribution in [-0.4, -0.2) is 16.8 Å². The third-order valence-electron chi connectivity index (χ3n) is 4.21. The molecule has 4 rings (SSSR count). The highest BCUT2D eigenvalue weighted by atomic mass is 32.1. The number of carbonyl (C=O) groups excluding carboxylic acids is 2. The van der Waals surface area contributed by atoms with Gasteiger partial charge in [-0.3, -0.25) is 9.59 Å². The fraction of sp³-hybridized carbons (Fsp3) is 0.278. The average molecular weight is 339 g/mol. The molecular weight excluding hydrogens is 322 g/mol. The van der Waals surface area contributed by atoms with Gasteiger partial charge in [0.15, 0.2) is 0 Å². The van der Waals surface area contributed by atoms with Crippen molar-refractivity contribution in [2.75, 3.05) is 10.6 Å². The average Bonchev–Trinajstić information content (AvgIpc) is 3.24. The van der Waals surface area contributed by atoms with Crippen LogP contribution in [0.2, 0.25) is 0 Å². The van der Waals surface area contributed by atoms with Gasteiger partial charge in [-0.1, -0.05) is 0 Å². The third-order valence-corrected chi connectivity index (χ3v) is 5.55. The van der Waals surface area contributed by atoms with E-state index in [2.05, 4.69) is 28.6 Å². The molecule has 0 atom stereocenters. The molecular formula is C18H17N3O2S. The van der Waals surface area contributed by atoms with E-state index < -0.39 is 0 Å².